The zero-order chi connectivity index (χ0) is 17.0. The topological polar surface area (TPSA) is 122 Å². The zero-order valence-corrected chi connectivity index (χ0v) is 13.8. The number of β-amino-alcohol motifs (C(OH)–C–C–N with tert-alkyl or cyclic N) is 1. The summed E-state index contributed by atoms with van der Waals surface area (Å²) in [5.74, 6) is -1.17. The number of likely N-dealkylation sites (N-methyl/N-ethyl adjacent to an activating group) is 1. The molecule has 0 amide bonds. The lowest BCUT2D eigenvalue weighted by Crippen LogP contribution is -2.40. The molecule has 0 saturated heterocycles. The van der Waals surface area contributed by atoms with Crippen LogP contribution in [-0.2, 0) is 15.1 Å². The quantitative estimate of drug-likeness (QED) is 0.330. The van der Waals surface area contributed by atoms with Crippen LogP contribution in [0.4, 0.5) is 5.69 Å². The van der Waals surface area contributed by atoms with Gasteiger partial charge in [-0.1, -0.05) is 18.2 Å². The van der Waals surface area contributed by atoms with Gasteiger partial charge in [0, 0.05) is 11.3 Å². The van der Waals surface area contributed by atoms with Crippen molar-refractivity contribution in [3.05, 3.63) is 29.8 Å². The van der Waals surface area contributed by atoms with Gasteiger partial charge in [-0.3, -0.25) is 4.57 Å². The SMILES string of the molecule is C[N+](C)(C)CCOC1(O)CNc2ccccc21.O=P([O-])(O)O. The minimum Gasteiger partial charge on any atom is -0.756 e. The number of hydrogen-bond donors (Lipinski definition) is 4. The number of benzene rings is 1. The molecule has 0 aromatic heterocycles. The molecule has 1 aliphatic rings. The van der Waals surface area contributed by atoms with Crippen molar-refractivity contribution in [1.82, 2.24) is 0 Å². The Morgan fingerprint density at radius 2 is 1.91 bits per heavy atom. The Balaban J connectivity index is 0.000000422. The standard InChI is InChI=1S/C13H21N2O2.H3O4P/c1-15(2,3)8-9-17-13(16)10-14-12-7-5-4-6-11(12)13;1-5(2,3)4/h4-7,14,16H,8-10H2,1-3H3;(H3,1,2,3,4)/q+1;/p-1. The van der Waals surface area contributed by atoms with Crippen molar-refractivity contribution in [1.29, 1.82) is 0 Å². The lowest BCUT2D eigenvalue weighted by atomic mass is 10.1. The average molecular weight is 334 g/mol. The molecular weight excluding hydrogens is 311 g/mol. The maximum Gasteiger partial charge on any atom is 0.262 e. The first-order valence-corrected chi connectivity index (χ1v) is 8.20. The fraction of sp³-hybridized carbons (Fsp3) is 0.538. The van der Waals surface area contributed by atoms with E-state index in [2.05, 4.69) is 26.5 Å². The van der Waals surface area contributed by atoms with Gasteiger partial charge in [0.25, 0.3) is 7.82 Å². The monoisotopic (exact) mass is 334 g/mol. The van der Waals surface area contributed by atoms with E-state index in [0.29, 0.717) is 13.2 Å². The largest absolute Gasteiger partial charge is 0.756 e. The van der Waals surface area contributed by atoms with Crippen molar-refractivity contribution in [2.24, 2.45) is 0 Å². The van der Waals surface area contributed by atoms with E-state index in [1.165, 1.54) is 0 Å². The van der Waals surface area contributed by atoms with Gasteiger partial charge in [-0.05, 0) is 6.07 Å². The van der Waals surface area contributed by atoms with Crippen LogP contribution in [-0.4, -0.2) is 60.2 Å². The van der Waals surface area contributed by atoms with Gasteiger partial charge in [0.1, 0.15) is 6.54 Å². The summed E-state index contributed by atoms with van der Waals surface area (Å²) < 4.78 is 15.3. The van der Waals surface area contributed by atoms with Gasteiger partial charge in [0.2, 0.25) is 5.79 Å². The number of nitrogens with one attached hydrogen (secondary N) is 1. The van der Waals surface area contributed by atoms with Crippen LogP contribution in [0.15, 0.2) is 24.3 Å². The van der Waals surface area contributed by atoms with Gasteiger partial charge >= 0.3 is 0 Å². The van der Waals surface area contributed by atoms with Gasteiger partial charge in [-0.15, -0.1) is 0 Å². The van der Waals surface area contributed by atoms with Crippen LogP contribution in [0.2, 0.25) is 0 Å². The number of aliphatic hydroxyl groups is 1. The third-order valence-electron chi connectivity index (χ3n) is 2.97. The summed E-state index contributed by atoms with van der Waals surface area (Å²) in [6.07, 6.45) is 0. The maximum absolute atomic E-state index is 10.4. The number of anilines is 1. The number of quaternary nitrogens is 1. The molecule has 1 unspecified atom stereocenters. The summed E-state index contributed by atoms with van der Waals surface area (Å²) in [5.41, 5.74) is 1.79. The molecule has 0 bridgehead atoms. The normalized spacial score (nSPS) is 20.7. The fourth-order valence-electron chi connectivity index (χ4n) is 1.91. The van der Waals surface area contributed by atoms with Crippen LogP contribution in [0.1, 0.15) is 5.56 Å². The Bertz CT molecular complexity index is 533. The predicted octanol–water partition coefficient (Wildman–Crippen LogP) is -0.581. The molecular formula is C13H23N2O6P. The highest BCUT2D eigenvalue weighted by molar-refractivity contribution is 7.43. The van der Waals surface area contributed by atoms with Crippen molar-refractivity contribution in [3.63, 3.8) is 0 Å². The van der Waals surface area contributed by atoms with Gasteiger partial charge < -0.3 is 34.3 Å². The Hall–Kier alpha value is -0.990. The first-order chi connectivity index (χ1) is 9.91. The molecule has 0 aliphatic carbocycles. The van der Waals surface area contributed by atoms with Crippen LogP contribution in [0, 0.1) is 0 Å². The Morgan fingerprint density at radius 3 is 2.45 bits per heavy atom. The van der Waals surface area contributed by atoms with Crippen LogP contribution in [0.3, 0.4) is 0 Å². The number of nitrogens with zero attached hydrogens (tertiary/aromatic N) is 1. The number of rotatable bonds is 4. The number of para-hydroxylation sites is 1. The summed E-state index contributed by atoms with van der Waals surface area (Å²) in [6.45, 7) is 1.82. The van der Waals surface area contributed by atoms with E-state index < -0.39 is 13.6 Å². The zero-order valence-electron chi connectivity index (χ0n) is 12.9. The fourth-order valence-corrected chi connectivity index (χ4v) is 1.91. The predicted molar refractivity (Wildman–Crippen MR) is 79.7 cm³/mol. The Kier molecular flexibility index (Phi) is 6.11. The number of phosphoric acid groups is 1. The summed E-state index contributed by atoms with van der Waals surface area (Å²) in [4.78, 5) is 22.9. The third kappa shape index (κ3) is 6.85. The Labute approximate surface area is 129 Å². The van der Waals surface area contributed by atoms with E-state index >= 15 is 0 Å². The van der Waals surface area contributed by atoms with E-state index in [1.807, 2.05) is 24.3 Å². The first-order valence-electron chi connectivity index (χ1n) is 6.67. The molecule has 1 aromatic carbocycles. The second-order valence-electron chi connectivity index (χ2n) is 6.04. The summed E-state index contributed by atoms with van der Waals surface area (Å²) >= 11 is 0. The third-order valence-corrected chi connectivity index (χ3v) is 2.97. The van der Waals surface area contributed by atoms with Gasteiger partial charge in [0.15, 0.2) is 0 Å². The van der Waals surface area contributed by atoms with Crippen molar-refractivity contribution >= 4 is 13.5 Å². The van der Waals surface area contributed by atoms with E-state index in [-0.39, 0.29) is 0 Å². The average Bonchev–Trinajstić information content (AvgIpc) is 2.64. The molecule has 22 heavy (non-hydrogen) atoms. The summed E-state index contributed by atoms with van der Waals surface area (Å²) in [5, 5.41) is 13.6. The number of hydrogen-bond acceptors (Lipinski definition) is 5. The highest BCUT2D eigenvalue weighted by atomic mass is 31.2. The number of fused-ring (bicyclic) bond motifs is 1. The molecule has 126 valence electrons. The molecule has 0 fully saturated rings. The molecule has 8 nitrogen and oxygen atoms in total. The molecule has 0 radical (unpaired) electrons. The van der Waals surface area contributed by atoms with Gasteiger partial charge in [-0.25, -0.2) is 0 Å². The lowest BCUT2D eigenvalue weighted by Gasteiger charge is -2.27. The van der Waals surface area contributed by atoms with E-state index in [4.69, 9.17) is 24.0 Å². The van der Waals surface area contributed by atoms with Crippen LogP contribution >= 0.6 is 7.82 Å². The molecule has 1 aliphatic heterocycles. The van der Waals surface area contributed by atoms with E-state index in [1.54, 1.807) is 0 Å². The minimum atomic E-state index is -4.89. The molecule has 9 heteroatoms. The molecule has 1 atom stereocenters. The van der Waals surface area contributed by atoms with Crippen molar-refractivity contribution in [2.75, 3.05) is 46.2 Å². The summed E-state index contributed by atoms with van der Waals surface area (Å²) in [7, 11) is 1.43. The van der Waals surface area contributed by atoms with Gasteiger partial charge in [-0.2, -0.15) is 0 Å². The first kappa shape index (κ1) is 19.1. The van der Waals surface area contributed by atoms with Crippen molar-refractivity contribution < 1.29 is 33.6 Å². The maximum atomic E-state index is 10.4. The van der Waals surface area contributed by atoms with Crippen LogP contribution in [0.5, 0.6) is 0 Å². The highest BCUT2D eigenvalue weighted by Gasteiger charge is 2.37. The second kappa shape index (κ2) is 7.06. The van der Waals surface area contributed by atoms with E-state index in [0.717, 1.165) is 22.3 Å². The van der Waals surface area contributed by atoms with Crippen LogP contribution < -0.4 is 10.2 Å². The van der Waals surface area contributed by atoms with Crippen LogP contribution in [0.25, 0.3) is 0 Å². The molecule has 0 saturated carbocycles. The molecule has 4 N–H and O–H groups in total. The minimum absolute atomic E-state index is 0.420. The highest BCUT2D eigenvalue weighted by Crippen LogP contribution is 2.35. The van der Waals surface area contributed by atoms with Gasteiger partial charge in [0.05, 0.1) is 34.3 Å². The second-order valence-corrected chi connectivity index (χ2v) is 7.02. The molecule has 2 rings (SSSR count). The molecule has 1 aromatic rings. The lowest BCUT2D eigenvalue weighted by molar-refractivity contribution is -0.871. The van der Waals surface area contributed by atoms with Crippen molar-refractivity contribution in [3.8, 4) is 0 Å². The molecule has 0 spiro atoms. The smallest absolute Gasteiger partial charge is 0.262 e. The summed E-state index contributed by atoms with van der Waals surface area (Å²) in [6, 6.07) is 7.72. The Morgan fingerprint density at radius 1 is 1.36 bits per heavy atom. The van der Waals surface area contributed by atoms with Crippen molar-refractivity contribution in [2.45, 2.75) is 5.79 Å². The number of ether oxygens (including phenoxy) is 1. The van der Waals surface area contributed by atoms with E-state index in [9.17, 15) is 5.11 Å². The molecule has 1 heterocycles.